The molecule has 94 valence electrons. The molecule has 0 saturated carbocycles. The topological polar surface area (TPSA) is 17.1 Å². The number of carbonyl (C=O) groups is 1. The molecule has 4 heteroatoms. The molecule has 0 aliphatic heterocycles. The summed E-state index contributed by atoms with van der Waals surface area (Å²) >= 11 is 1.55. The van der Waals surface area contributed by atoms with Gasteiger partial charge in [0.25, 0.3) is 0 Å². The fourth-order valence-corrected chi connectivity index (χ4v) is 2.46. The first-order valence-corrected chi connectivity index (χ1v) is 6.72. The van der Waals surface area contributed by atoms with E-state index in [0.29, 0.717) is 0 Å². The Balaban J connectivity index is 2.65. The Labute approximate surface area is 105 Å². The average Bonchev–Trinajstić information content (AvgIpc) is 2.32. The summed E-state index contributed by atoms with van der Waals surface area (Å²) in [6, 6.07) is 3.29. The van der Waals surface area contributed by atoms with Crippen LogP contribution in [0.2, 0.25) is 0 Å². The molecule has 1 atom stereocenters. The van der Waals surface area contributed by atoms with Gasteiger partial charge >= 0.3 is 0 Å². The Morgan fingerprint density at radius 3 is 2.65 bits per heavy atom. The van der Waals surface area contributed by atoms with Crippen LogP contribution < -0.4 is 0 Å². The van der Waals surface area contributed by atoms with Crippen molar-refractivity contribution in [1.82, 2.24) is 0 Å². The predicted octanol–water partition coefficient (Wildman–Crippen LogP) is 4.07. The first-order valence-electron chi connectivity index (χ1n) is 5.67. The minimum Gasteiger partial charge on any atom is -0.293 e. The molecule has 0 fully saturated rings. The Hall–Kier alpha value is -0.900. The average molecular weight is 258 g/mol. The number of unbranched alkanes of at least 4 members (excludes halogenated alkanes) is 1. The Kier molecular flexibility index (Phi) is 5.62. The Bertz CT molecular complexity index is 393. The summed E-state index contributed by atoms with van der Waals surface area (Å²) in [4.78, 5) is 11.9. The molecule has 0 aromatic heterocycles. The maximum atomic E-state index is 13.0. The first kappa shape index (κ1) is 14.2. The summed E-state index contributed by atoms with van der Waals surface area (Å²) in [6.45, 7) is 3.88. The van der Waals surface area contributed by atoms with Crippen molar-refractivity contribution in [2.24, 2.45) is 0 Å². The predicted molar refractivity (Wildman–Crippen MR) is 67.5 cm³/mol. The van der Waals surface area contributed by atoms with Gasteiger partial charge < -0.3 is 0 Å². The number of hydrogen-bond donors (Lipinski definition) is 0. The number of benzene rings is 1. The zero-order valence-corrected chi connectivity index (χ0v) is 10.8. The molecule has 1 nitrogen and oxygen atoms in total. The highest BCUT2D eigenvalue weighted by molar-refractivity contribution is 8.00. The van der Waals surface area contributed by atoms with Crippen LogP contribution in [0.1, 0.15) is 37.0 Å². The van der Waals surface area contributed by atoms with Crippen molar-refractivity contribution in [3.8, 4) is 0 Å². The van der Waals surface area contributed by atoms with Crippen LogP contribution in [0.25, 0.3) is 0 Å². The molecule has 1 aromatic rings. The molecule has 1 rings (SSSR count). The van der Waals surface area contributed by atoms with Crippen LogP contribution >= 0.6 is 11.8 Å². The Morgan fingerprint density at radius 1 is 1.35 bits per heavy atom. The number of Topliss-reactive ketones (excluding diaryl/α,β-unsaturated/α-hetero) is 1. The van der Waals surface area contributed by atoms with Gasteiger partial charge in [-0.1, -0.05) is 13.3 Å². The third-order valence-corrected chi connectivity index (χ3v) is 3.68. The summed E-state index contributed by atoms with van der Waals surface area (Å²) in [5.41, 5.74) is 0.236. The van der Waals surface area contributed by atoms with Gasteiger partial charge in [0.05, 0.1) is 5.25 Å². The van der Waals surface area contributed by atoms with Crippen LogP contribution in [-0.2, 0) is 0 Å². The summed E-state index contributed by atoms with van der Waals surface area (Å²) < 4.78 is 25.7. The van der Waals surface area contributed by atoms with Crippen molar-refractivity contribution in [3.05, 3.63) is 35.4 Å². The number of carbonyl (C=O) groups excluding carboxylic acids is 1. The number of hydrogen-bond acceptors (Lipinski definition) is 2. The molecular formula is C13H16F2OS. The van der Waals surface area contributed by atoms with Crippen molar-refractivity contribution >= 4 is 17.5 Å². The van der Waals surface area contributed by atoms with Crippen LogP contribution in [0, 0.1) is 11.6 Å². The van der Waals surface area contributed by atoms with Gasteiger partial charge in [0.15, 0.2) is 17.4 Å². The smallest absolute Gasteiger partial charge is 0.175 e. The van der Waals surface area contributed by atoms with Gasteiger partial charge in [-0.3, -0.25) is 4.79 Å². The monoisotopic (exact) mass is 258 g/mol. The van der Waals surface area contributed by atoms with Crippen molar-refractivity contribution in [2.45, 2.75) is 31.9 Å². The van der Waals surface area contributed by atoms with Gasteiger partial charge in [-0.15, -0.1) is 0 Å². The second-order valence-corrected chi connectivity index (χ2v) is 5.31. The van der Waals surface area contributed by atoms with Crippen LogP contribution in [-0.4, -0.2) is 16.8 Å². The van der Waals surface area contributed by atoms with E-state index < -0.39 is 11.6 Å². The van der Waals surface area contributed by atoms with Crippen LogP contribution in [0.4, 0.5) is 8.78 Å². The van der Waals surface area contributed by atoms with E-state index in [-0.39, 0.29) is 16.6 Å². The maximum Gasteiger partial charge on any atom is 0.175 e. The number of thioether (sulfide) groups is 1. The molecule has 0 spiro atoms. The molecule has 0 saturated heterocycles. The van der Waals surface area contributed by atoms with Crippen molar-refractivity contribution < 1.29 is 13.6 Å². The molecule has 1 unspecified atom stereocenters. The van der Waals surface area contributed by atoms with Crippen molar-refractivity contribution in [1.29, 1.82) is 0 Å². The fraction of sp³-hybridized carbons (Fsp3) is 0.462. The normalized spacial score (nSPS) is 12.5. The minimum atomic E-state index is -0.971. The quantitative estimate of drug-likeness (QED) is 0.565. The lowest BCUT2D eigenvalue weighted by molar-refractivity contribution is 0.0993. The third kappa shape index (κ3) is 4.11. The second kappa shape index (κ2) is 6.74. The standard InChI is InChI=1S/C13H16F2OS/c1-3-4-7-17-9(2)13(16)10-5-6-11(14)12(15)8-10/h5-6,8-9H,3-4,7H2,1-2H3. The van der Waals surface area contributed by atoms with E-state index >= 15 is 0 Å². The number of rotatable bonds is 6. The molecular weight excluding hydrogens is 242 g/mol. The molecule has 0 bridgehead atoms. The van der Waals surface area contributed by atoms with Gasteiger partial charge in [0.1, 0.15) is 0 Å². The van der Waals surface area contributed by atoms with E-state index in [1.54, 1.807) is 18.7 Å². The van der Waals surface area contributed by atoms with Crippen molar-refractivity contribution in [3.63, 3.8) is 0 Å². The van der Waals surface area contributed by atoms with E-state index in [4.69, 9.17) is 0 Å². The first-order chi connectivity index (χ1) is 8.06. The summed E-state index contributed by atoms with van der Waals surface area (Å²) in [5, 5.41) is -0.216. The van der Waals surface area contributed by atoms with Gasteiger partial charge in [-0.05, 0) is 37.3 Å². The largest absolute Gasteiger partial charge is 0.293 e. The minimum absolute atomic E-state index is 0.148. The molecule has 0 heterocycles. The fourth-order valence-electron chi connectivity index (χ4n) is 1.36. The van der Waals surface area contributed by atoms with E-state index in [2.05, 4.69) is 6.92 Å². The maximum absolute atomic E-state index is 13.0. The Morgan fingerprint density at radius 2 is 2.06 bits per heavy atom. The lowest BCUT2D eigenvalue weighted by Crippen LogP contribution is -2.14. The van der Waals surface area contributed by atoms with E-state index in [9.17, 15) is 13.6 Å². The van der Waals surface area contributed by atoms with Crippen LogP contribution in [0.5, 0.6) is 0 Å². The third-order valence-electron chi connectivity index (χ3n) is 2.44. The molecule has 1 aromatic carbocycles. The molecule has 0 radical (unpaired) electrons. The number of halogens is 2. The summed E-state index contributed by atoms with van der Waals surface area (Å²) in [6.07, 6.45) is 2.14. The molecule has 0 aliphatic carbocycles. The lowest BCUT2D eigenvalue weighted by Gasteiger charge is -2.10. The number of ketones is 1. The summed E-state index contributed by atoms with van der Waals surface area (Å²) in [7, 11) is 0. The van der Waals surface area contributed by atoms with E-state index in [0.717, 1.165) is 30.7 Å². The van der Waals surface area contributed by atoms with E-state index in [1.165, 1.54) is 6.07 Å². The lowest BCUT2D eigenvalue weighted by atomic mass is 10.1. The van der Waals surface area contributed by atoms with Gasteiger partial charge in [-0.25, -0.2) is 8.78 Å². The molecule has 0 N–H and O–H groups in total. The molecule has 0 amide bonds. The SMILES string of the molecule is CCCCSC(C)C(=O)c1ccc(F)c(F)c1. The van der Waals surface area contributed by atoms with Crippen LogP contribution in [0.15, 0.2) is 18.2 Å². The second-order valence-electron chi connectivity index (χ2n) is 3.86. The van der Waals surface area contributed by atoms with Gasteiger partial charge in [0.2, 0.25) is 0 Å². The molecule has 0 aliphatic rings. The van der Waals surface area contributed by atoms with Crippen LogP contribution in [0.3, 0.4) is 0 Å². The summed E-state index contributed by atoms with van der Waals surface area (Å²) in [5.74, 6) is -1.13. The highest BCUT2D eigenvalue weighted by atomic mass is 32.2. The van der Waals surface area contributed by atoms with Crippen molar-refractivity contribution in [2.75, 3.05) is 5.75 Å². The highest BCUT2D eigenvalue weighted by Gasteiger charge is 2.16. The molecule has 17 heavy (non-hydrogen) atoms. The van der Waals surface area contributed by atoms with Gasteiger partial charge in [-0.2, -0.15) is 11.8 Å². The zero-order valence-electron chi connectivity index (χ0n) is 10.0. The van der Waals surface area contributed by atoms with Gasteiger partial charge in [0, 0.05) is 5.56 Å². The zero-order chi connectivity index (χ0) is 12.8. The highest BCUT2D eigenvalue weighted by Crippen LogP contribution is 2.19. The van der Waals surface area contributed by atoms with E-state index in [1.807, 2.05) is 0 Å².